The van der Waals surface area contributed by atoms with E-state index in [1.54, 1.807) is 4.68 Å². The number of carbonyl (C=O) groups is 1. The smallest absolute Gasteiger partial charge is 0.272 e. The van der Waals surface area contributed by atoms with Gasteiger partial charge in [0, 0.05) is 32.2 Å². The summed E-state index contributed by atoms with van der Waals surface area (Å²) in [6.45, 7) is 9.17. The van der Waals surface area contributed by atoms with Crippen molar-refractivity contribution in [3.63, 3.8) is 0 Å². The highest BCUT2D eigenvalue weighted by atomic mass is 16.2. The van der Waals surface area contributed by atoms with Crippen LogP contribution in [0.15, 0.2) is 6.07 Å². The third-order valence-corrected chi connectivity index (χ3v) is 3.08. The molecule has 17 heavy (non-hydrogen) atoms. The lowest BCUT2D eigenvalue weighted by molar-refractivity contribution is 0.0696. The van der Waals surface area contributed by atoms with E-state index in [0.29, 0.717) is 11.7 Å². The van der Waals surface area contributed by atoms with Gasteiger partial charge in [0.05, 0.1) is 5.69 Å². The normalized spacial score (nSPS) is 20.6. The fraction of sp³-hybridized carbons (Fsp3) is 0.667. The number of rotatable bonds is 2. The van der Waals surface area contributed by atoms with Crippen LogP contribution in [0, 0.1) is 6.92 Å². The van der Waals surface area contributed by atoms with Crippen LogP contribution < -0.4 is 5.32 Å². The van der Waals surface area contributed by atoms with Crippen LogP contribution in [0.2, 0.25) is 0 Å². The Labute approximate surface area is 102 Å². The Morgan fingerprint density at radius 3 is 3.06 bits per heavy atom. The third-order valence-electron chi connectivity index (χ3n) is 3.08. The van der Waals surface area contributed by atoms with Crippen LogP contribution in [-0.4, -0.2) is 46.3 Å². The van der Waals surface area contributed by atoms with E-state index in [4.69, 9.17) is 0 Å². The van der Waals surface area contributed by atoms with Crippen molar-refractivity contribution in [2.24, 2.45) is 0 Å². The molecule has 5 heteroatoms. The number of hydrogen-bond donors (Lipinski definition) is 1. The molecule has 1 aliphatic heterocycles. The van der Waals surface area contributed by atoms with Gasteiger partial charge in [0.1, 0.15) is 5.69 Å². The van der Waals surface area contributed by atoms with Gasteiger partial charge in [-0.3, -0.25) is 9.48 Å². The zero-order valence-corrected chi connectivity index (χ0v) is 10.7. The second-order valence-electron chi connectivity index (χ2n) is 4.59. The maximum Gasteiger partial charge on any atom is 0.272 e. The first-order chi connectivity index (χ1) is 8.11. The summed E-state index contributed by atoms with van der Waals surface area (Å²) in [6, 6.07) is 2.24. The molecule has 1 saturated heterocycles. The lowest BCUT2D eigenvalue weighted by Crippen LogP contribution is -2.51. The van der Waals surface area contributed by atoms with Crippen molar-refractivity contribution in [1.82, 2.24) is 20.0 Å². The summed E-state index contributed by atoms with van der Waals surface area (Å²) in [6.07, 6.45) is 0. The lowest BCUT2D eigenvalue weighted by Gasteiger charge is -2.31. The van der Waals surface area contributed by atoms with Gasteiger partial charge in [-0.1, -0.05) is 0 Å². The van der Waals surface area contributed by atoms with E-state index in [0.717, 1.165) is 31.9 Å². The van der Waals surface area contributed by atoms with Gasteiger partial charge in [-0.25, -0.2) is 0 Å². The monoisotopic (exact) mass is 236 g/mol. The number of aromatic nitrogens is 2. The molecule has 1 N–H and O–H groups in total. The lowest BCUT2D eigenvalue weighted by atomic mass is 10.2. The second-order valence-corrected chi connectivity index (χ2v) is 4.59. The Balaban J connectivity index is 2.18. The van der Waals surface area contributed by atoms with Crippen LogP contribution in [-0.2, 0) is 6.54 Å². The van der Waals surface area contributed by atoms with Crippen molar-refractivity contribution in [3.05, 3.63) is 17.5 Å². The molecule has 0 saturated carbocycles. The quantitative estimate of drug-likeness (QED) is 0.820. The van der Waals surface area contributed by atoms with Crippen molar-refractivity contribution in [1.29, 1.82) is 0 Å². The van der Waals surface area contributed by atoms with E-state index in [2.05, 4.69) is 17.3 Å². The van der Waals surface area contributed by atoms with E-state index >= 15 is 0 Å². The van der Waals surface area contributed by atoms with Crippen molar-refractivity contribution >= 4 is 5.91 Å². The Morgan fingerprint density at radius 1 is 1.65 bits per heavy atom. The molecule has 0 bridgehead atoms. The fourth-order valence-corrected chi connectivity index (χ4v) is 2.24. The number of carbonyl (C=O) groups excluding carboxylic acids is 1. The molecule has 1 atom stereocenters. The minimum Gasteiger partial charge on any atom is -0.334 e. The summed E-state index contributed by atoms with van der Waals surface area (Å²) in [5.41, 5.74) is 1.61. The van der Waals surface area contributed by atoms with E-state index in [9.17, 15) is 4.79 Å². The summed E-state index contributed by atoms with van der Waals surface area (Å²) in [4.78, 5) is 14.3. The first-order valence-corrected chi connectivity index (χ1v) is 6.19. The van der Waals surface area contributed by atoms with Gasteiger partial charge < -0.3 is 10.2 Å². The maximum absolute atomic E-state index is 12.4. The van der Waals surface area contributed by atoms with Crippen LogP contribution in [0.4, 0.5) is 0 Å². The van der Waals surface area contributed by atoms with E-state index in [-0.39, 0.29) is 5.91 Å². The van der Waals surface area contributed by atoms with Crippen LogP contribution in [0.5, 0.6) is 0 Å². The number of nitrogens with one attached hydrogen (secondary N) is 1. The van der Waals surface area contributed by atoms with E-state index < -0.39 is 0 Å². The highest BCUT2D eigenvalue weighted by Crippen LogP contribution is 2.10. The minimum absolute atomic E-state index is 0.0980. The first kappa shape index (κ1) is 12.1. The number of piperazine rings is 1. The van der Waals surface area contributed by atoms with Gasteiger partial charge in [-0.2, -0.15) is 5.10 Å². The zero-order chi connectivity index (χ0) is 12.4. The van der Waals surface area contributed by atoms with Crippen molar-refractivity contribution < 1.29 is 4.79 Å². The molecule has 94 valence electrons. The van der Waals surface area contributed by atoms with Gasteiger partial charge in [0.25, 0.3) is 5.91 Å². The molecule has 1 amide bonds. The zero-order valence-electron chi connectivity index (χ0n) is 10.7. The molecule has 1 aromatic rings. The van der Waals surface area contributed by atoms with Crippen LogP contribution in [0.25, 0.3) is 0 Å². The molecular weight excluding hydrogens is 216 g/mol. The van der Waals surface area contributed by atoms with Crippen molar-refractivity contribution in [2.45, 2.75) is 33.4 Å². The predicted molar refractivity (Wildman–Crippen MR) is 66.0 cm³/mol. The van der Waals surface area contributed by atoms with Gasteiger partial charge in [0.15, 0.2) is 0 Å². The number of nitrogens with zero attached hydrogens (tertiary/aromatic N) is 3. The van der Waals surface area contributed by atoms with Gasteiger partial charge in [-0.15, -0.1) is 0 Å². The predicted octanol–water partition coefficient (Wildman–Crippen LogP) is 0.645. The molecule has 1 fully saturated rings. The third kappa shape index (κ3) is 2.49. The highest BCUT2D eigenvalue weighted by molar-refractivity contribution is 5.92. The molecule has 0 unspecified atom stereocenters. The van der Waals surface area contributed by atoms with Crippen molar-refractivity contribution in [3.8, 4) is 0 Å². The van der Waals surface area contributed by atoms with Crippen LogP contribution in [0.3, 0.4) is 0 Å². The second kappa shape index (κ2) is 4.87. The number of hydrogen-bond acceptors (Lipinski definition) is 3. The summed E-state index contributed by atoms with van der Waals surface area (Å²) in [5, 5.41) is 7.65. The van der Waals surface area contributed by atoms with Crippen molar-refractivity contribution in [2.75, 3.05) is 19.6 Å². The highest BCUT2D eigenvalue weighted by Gasteiger charge is 2.24. The van der Waals surface area contributed by atoms with Gasteiger partial charge in [-0.05, 0) is 26.8 Å². The topological polar surface area (TPSA) is 50.2 Å². The SMILES string of the molecule is CCn1nc(C)cc1C(=O)N1CCN[C@H](C)C1. The Morgan fingerprint density at radius 2 is 2.41 bits per heavy atom. The summed E-state index contributed by atoms with van der Waals surface area (Å²) in [7, 11) is 0. The summed E-state index contributed by atoms with van der Waals surface area (Å²) < 4.78 is 1.78. The largest absolute Gasteiger partial charge is 0.334 e. The Bertz CT molecular complexity index is 413. The fourth-order valence-electron chi connectivity index (χ4n) is 2.24. The molecule has 1 aliphatic rings. The average Bonchev–Trinajstić information content (AvgIpc) is 2.69. The molecule has 5 nitrogen and oxygen atoms in total. The summed E-state index contributed by atoms with van der Waals surface area (Å²) in [5.74, 6) is 0.0980. The maximum atomic E-state index is 12.4. The standard InChI is InChI=1S/C12H20N4O/c1-4-16-11(7-9(2)14-16)12(17)15-6-5-13-10(3)8-15/h7,10,13H,4-6,8H2,1-3H3/t10-/m1/s1. The van der Waals surface area contributed by atoms with Crippen LogP contribution in [0.1, 0.15) is 30.0 Å². The number of amides is 1. The summed E-state index contributed by atoms with van der Waals surface area (Å²) >= 11 is 0. The molecule has 0 spiro atoms. The molecule has 0 aliphatic carbocycles. The molecular formula is C12H20N4O. The molecule has 2 rings (SSSR count). The van der Waals surface area contributed by atoms with Crippen LogP contribution >= 0.6 is 0 Å². The van der Waals surface area contributed by atoms with Gasteiger partial charge in [0.2, 0.25) is 0 Å². The molecule has 0 aromatic carbocycles. The van der Waals surface area contributed by atoms with Gasteiger partial charge >= 0.3 is 0 Å². The first-order valence-electron chi connectivity index (χ1n) is 6.19. The Hall–Kier alpha value is -1.36. The Kier molecular flexibility index (Phi) is 3.47. The molecule has 1 aromatic heterocycles. The number of aryl methyl sites for hydroxylation is 2. The average molecular weight is 236 g/mol. The molecule has 2 heterocycles. The minimum atomic E-state index is 0.0980. The molecule has 0 radical (unpaired) electrons. The van der Waals surface area contributed by atoms with E-state index in [1.165, 1.54) is 0 Å². The van der Waals surface area contributed by atoms with E-state index in [1.807, 2.05) is 24.8 Å².